The molecule has 1 heterocycles. The molecule has 0 atom stereocenters. The zero-order valence-electron chi connectivity index (χ0n) is 14.2. The van der Waals surface area contributed by atoms with Crippen molar-refractivity contribution in [1.82, 2.24) is 0 Å². The first-order valence-corrected chi connectivity index (χ1v) is 10.3. The van der Waals surface area contributed by atoms with Crippen LogP contribution >= 0.6 is 0 Å². The van der Waals surface area contributed by atoms with Crippen molar-refractivity contribution >= 4 is 44.9 Å². The van der Waals surface area contributed by atoms with Crippen LogP contribution in [-0.2, 0) is 14.9 Å². The fourth-order valence-electron chi connectivity index (χ4n) is 1.94. The molecule has 7 nitrogen and oxygen atoms in total. The average molecular weight is 469 g/mol. The third-order valence-electron chi connectivity index (χ3n) is 2.89. The van der Waals surface area contributed by atoms with Crippen molar-refractivity contribution in [2.24, 2.45) is 0 Å². The molecule has 0 aliphatic heterocycles. The normalized spacial score (nSPS) is 12.5. The molecule has 0 fully saturated rings. The maximum absolute atomic E-state index is 12.6. The van der Waals surface area contributed by atoms with Gasteiger partial charge in [0.1, 0.15) is 0 Å². The first-order valence-electron chi connectivity index (χ1n) is 7.21. The van der Waals surface area contributed by atoms with Gasteiger partial charge >= 0.3 is 158 Å². The van der Waals surface area contributed by atoms with Gasteiger partial charge in [-0.25, -0.2) is 0 Å². The summed E-state index contributed by atoms with van der Waals surface area (Å²) in [6, 6.07) is 5.58. The van der Waals surface area contributed by atoms with E-state index in [0.29, 0.717) is 4.26 Å². The average Bonchev–Trinajstić information content (AvgIpc) is 2.81. The Morgan fingerprint density at radius 3 is 2.41 bits per heavy atom. The first kappa shape index (κ1) is 21.1. The Bertz CT molecular complexity index is 1030. The van der Waals surface area contributed by atoms with E-state index in [4.69, 9.17) is 4.74 Å². The summed E-state index contributed by atoms with van der Waals surface area (Å²) in [7, 11) is -5.91. The Hall–Kier alpha value is -2.22. The van der Waals surface area contributed by atoms with Crippen LogP contribution in [0.3, 0.4) is 0 Å². The number of carbonyl (C=O) groups is 1. The van der Waals surface area contributed by atoms with Crippen LogP contribution in [0.15, 0.2) is 18.2 Å². The molecule has 12 heteroatoms. The summed E-state index contributed by atoms with van der Waals surface area (Å²) in [5.41, 5.74) is -6.60. The van der Waals surface area contributed by atoms with Crippen LogP contribution in [0.25, 0.3) is 9.65 Å². The van der Waals surface area contributed by atoms with Gasteiger partial charge in [0.15, 0.2) is 0 Å². The molecule has 2 rings (SSSR count). The van der Waals surface area contributed by atoms with Crippen molar-refractivity contribution in [2.75, 3.05) is 5.32 Å². The van der Waals surface area contributed by atoms with E-state index in [0.717, 1.165) is 6.07 Å². The number of ether oxygens (including phenoxy) is 1. The second-order valence-corrected chi connectivity index (χ2v) is 9.90. The van der Waals surface area contributed by atoms with Crippen LogP contribution < -0.4 is 9.50 Å². The van der Waals surface area contributed by atoms with Crippen LogP contribution in [0.5, 0.6) is 5.75 Å². The molecule has 1 N–H and O–H groups in total. The fourth-order valence-corrected chi connectivity index (χ4v) is 4.63. The van der Waals surface area contributed by atoms with Crippen LogP contribution in [0.1, 0.15) is 26.3 Å². The SMILES string of the molecule is CC(C)(C)OC(=O)Nc1[se]c2cccc(OS(=O)(=O)C(F)(F)F)c2c1C#N. The molecule has 2 aromatic rings. The van der Waals surface area contributed by atoms with E-state index in [1.807, 2.05) is 0 Å². The van der Waals surface area contributed by atoms with Gasteiger partial charge in [-0.3, -0.25) is 0 Å². The summed E-state index contributed by atoms with van der Waals surface area (Å²) in [6.07, 6.45) is -0.842. The van der Waals surface area contributed by atoms with Crippen LogP contribution in [0, 0.1) is 11.3 Å². The Morgan fingerprint density at radius 2 is 1.89 bits per heavy atom. The molecule has 1 aromatic carbocycles. The van der Waals surface area contributed by atoms with Crippen LogP contribution in [0.2, 0.25) is 0 Å². The van der Waals surface area contributed by atoms with Crippen molar-refractivity contribution in [2.45, 2.75) is 31.9 Å². The van der Waals surface area contributed by atoms with E-state index in [1.165, 1.54) is 12.1 Å². The van der Waals surface area contributed by atoms with Crippen LogP contribution in [-0.4, -0.2) is 40.1 Å². The summed E-state index contributed by atoms with van der Waals surface area (Å²) in [5.74, 6) is -0.635. The number of carbonyl (C=O) groups excluding carboxylic acids is 1. The number of benzene rings is 1. The molecule has 0 aliphatic carbocycles. The molecule has 146 valence electrons. The number of hydrogen-bond acceptors (Lipinski definition) is 6. The van der Waals surface area contributed by atoms with Gasteiger partial charge < -0.3 is 0 Å². The minimum absolute atomic E-state index is 0.0983. The van der Waals surface area contributed by atoms with Gasteiger partial charge in [0, 0.05) is 0 Å². The Balaban J connectivity index is 2.51. The molecule has 0 unspecified atom stereocenters. The Morgan fingerprint density at radius 1 is 1.26 bits per heavy atom. The summed E-state index contributed by atoms with van der Waals surface area (Å²) in [4.78, 5) is 11.9. The monoisotopic (exact) mass is 470 g/mol. The second kappa shape index (κ2) is 7.07. The molecule has 0 saturated carbocycles. The van der Waals surface area contributed by atoms with Gasteiger partial charge in [0.2, 0.25) is 0 Å². The molecular formula is C15H13F3N2O5SSe. The van der Waals surface area contributed by atoms with E-state index < -0.39 is 47.6 Å². The molecule has 0 spiro atoms. The number of alkyl halides is 3. The van der Waals surface area contributed by atoms with Crippen molar-refractivity contribution in [3.8, 4) is 11.8 Å². The molecular weight excluding hydrogens is 456 g/mol. The van der Waals surface area contributed by atoms with Gasteiger partial charge in [-0.1, -0.05) is 0 Å². The van der Waals surface area contributed by atoms with Gasteiger partial charge in [-0.2, -0.15) is 0 Å². The second-order valence-electron chi connectivity index (χ2n) is 6.16. The van der Waals surface area contributed by atoms with Gasteiger partial charge in [-0.05, 0) is 0 Å². The third kappa shape index (κ3) is 4.74. The molecule has 1 amide bonds. The number of nitrogens with one attached hydrogen (secondary N) is 1. The summed E-state index contributed by atoms with van der Waals surface area (Å²) < 4.78 is 70.2. The molecule has 0 radical (unpaired) electrons. The zero-order chi connectivity index (χ0) is 20.6. The third-order valence-corrected chi connectivity index (χ3v) is 6.10. The van der Waals surface area contributed by atoms with E-state index in [9.17, 15) is 31.6 Å². The number of amides is 1. The van der Waals surface area contributed by atoms with Crippen LogP contribution in [0.4, 0.5) is 22.5 Å². The van der Waals surface area contributed by atoms with Crippen molar-refractivity contribution in [3.05, 3.63) is 23.8 Å². The van der Waals surface area contributed by atoms with Gasteiger partial charge in [-0.15, -0.1) is 0 Å². The first-order chi connectivity index (χ1) is 12.2. The van der Waals surface area contributed by atoms with E-state index in [-0.39, 0.29) is 15.5 Å². The molecule has 0 aliphatic rings. The maximum atomic E-state index is 12.6. The topological polar surface area (TPSA) is 105 Å². The molecule has 0 saturated heterocycles. The summed E-state index contributed by atoms with van der Waals surface area (Å²) in [6.45, 7) is 4.90. The Kier molecular flexibility index (Phi) is 5.52. The van der Waals surface area contributed by atoms with Gasteiger partial charge in [0.25, 0.3) is 0 Å². The van der Waals surface area contributed by atoms with Crippen molar-refractivity contribution in [3.63, 3.8) is 0 Å². The standard InChI is InChI=1S/C15H13F3N2O5SSe/c1-14(2,3)24-13(21)20-12-8(7-19)11-9(5-4-6-10(11)27-12)25-26(22,23)15(16,17)18/h4-6H,1-3H3,(H,20,21). The molecule has 0 bridgehead atoms. The Labute approximate surface area is 158 Å². The number of fused-ring (bicyclic) bond motifs is 1. The molecule has 27 heavy (non-hydrogen) atoms. The number of nitriles is 1. The quantitative estimate of drug-likeness (QED) is 0.420. The van der Waals surface area contributed by atoms with E-state index in [1.54, 1.807) is 26.8 Å². The predicted molar refractivity (Wildman–Crippen MR) is 91.1 cm³/mol. The summed E-state index contributed by atoms with van der Waals surface area (Å²) in [5, 5.41) is 11.7. The number of halogens is 3. The number of rotatable bonds is 3. The number of hydrogen-bond donors (Lipinski definition) is 1. The number of anilines is 1. The van der Waals surface area contributed by atoms with Gasteiger partial charge in [0.05, 0.1) is 0 Å². The molecule has 1 aromatic heterocycles. The van der Waals surface area contributed by atoms with E-state index >= 15 is 0 Å². The minimum atomic E-state index is -5.91. The fraction of sp³-hybridized carbons (Fsp3) is 0.333. The summed E-state index contributed by atoms with van der Waals surface area (Å²) >= 11 is -0.668. The van der Waals surface area contributed by atoms with Crippen molar-refractivity contribution in [1.29, 1.82) is 5.26 Å². The number of nitrogens with zero attached hydrogens (tertiary/aromatic N) is 1. The predicted octanol–water partition coefficient (Wildman–Crippen LogP) is 3.34. The van der Waals surface area contributed by atoms with Crippen molar-refractivity contribution < 1.29 is 35.3 Å². The van der Waals surface area contributed by atoms with E-state index in [2.05, 4.69) is 9.50 Å². The zero-order valence-corrected chi connectivity index (χ0v) is 16.7.